The van der Waals surface area contributed by atoms with Crippen molar-refractivity contribution in [1.29, 1.82) is 0 Å². The van der Waals surface area contributed by atoms with Crippen molar-refractivity contribution >= 4 is 11.8 Å². The van der Waals surface area contributed by atoms with Crippen LogP contribution in [0.2, 0.25) is 0 Å². The van der Waals surface area contributed by atoms with Gasteiger partial charge in [-0.2, -0.15) is 11.8 Å². The second-order valence-electron chi connectivity index (χ2n) is 4.12. The van der Waals surface area contributed by atoms with E-state index in [-0.39, 0.29) is 0 Å². The second-order valence-corrected chi connectivity index (χ2v) is 5.35. The van der Waals surface area contributed by atoms with Crippen molar-refractivity contribution in [2.24, 2.45) is 5.92 Å². The van der Waals surface area contributed by atoms with E-state index in [1.807, 2.05) is 0 Å². The van der Waals surface area contributed by atoms with Gasteiger partial charge < -0.3 is 10.2 Å². The van der Waals surface area contributed by atoms with Gasteiger partial charge in [0.05, 0.1) is 0 Å². The van der Waals surface area contributed by atoms with Crippen LogP contribution in [0.3, 0.4) is 0 Å². The van der Waals surface area contributed by atoms with E-state index in [0.717, 1.165) is 5.92 Å². The highest BCUT2D eigenvalue weighted by atomic mass is 32.2. The molecule has 0 atom stereocenters. The van der Waals surface area contributed by atoms with Crippen molar-refractivity contribution in [1.82, 2.24) is 10.2 Å². The van der Waals surface area contributed by atoms with Crippen LogP contribution in [-0.2, 0) is 0 Å². The quantitative estimate of drug-likeness (QED) is 0.733. The first-order valence-electron chi connectivity index (χ1n) is 5.46. The fraction of sp³-hybridized carbons (Fsp3) is 1.00. The molecule has 0 unspecified atom stereocenters. The summed E-state index contributed by atoms with van der Waals surface area (Å²) in [7, 11) is 0. The van der Waals surface area contributed by atoms with E-state index in [1.54, 1.807) is 0 Å². The molecule has 0 bridgehead atoms. The van der Waals surface area contributed by atoms with E-state index in [1.165, 1.54) is 57.1 Å². The summed E-state index contributed by atoms with van der Waals surface area (Å²) in [6.07, 6.45) is 2.81. The Kier molecular flexibility index (Phi) is 3.94. The van der Waals surface area contributed by atoms with Crippen LogP contribution in [0.1, 0.15) is 12.8 Å². The van der Waals surface area contributed by atoms with Crippen molar-refractivity contribution in [2.75, 3.05) is 44.2 Å². The molecular weight excluding hydrogens is 180 g/mol. The number of hydrogen-bond acceptors (Lipinski definition) is 3. The molecule has 0 aliphatic carbocycles. The van der Waals surface area contributed by atoms with Gasteiger partial charge in [-0.15, -0.1) is 0 Å². The zero-order valence-corrected chi connectivity index (χ0v) is 9.11. The lowest BCUT2D eigenvalue weighted by atomic mass is 9.99. The van der Waals surface area contributed by atoms with Gasteiger partial charge in [0.15, 0.2) is 0 Å². The summed E-state index contributed by atoms with van der Waals surface area (Å²) >= 11 is 2.12. The van der Waals surface area contributed by atoms with Crippen molar-refractivity contribution in [3.8, 4) is 0 Å². The van der Waals surface area contributed by atoms with Crippen LogP contribution in [0.25, 0.3) is 0 Å². The fourth-order valence-corrected chi connectivity index (χ4v) is 2.86. The minimum Gasteiger partial charge on any atom is -0.316 e. The Balaban J connectivity index is 1.61. The molecule has 2 heterocycles. The molecular formula is C10H20N2S. The lowest BCUT2D eigenvalue weighted by Crippen LogP contribution is -2.43. The summed E-state index contributed by atoms with van der Waals surface area (Å²) < 4.78 is 0. The predicted molar refractivity (Wildman–Crippen MR) is 59.4 cm³/mol. The Labute approximate surface area is 85.4 Å². The number of nitrogens with zero attached hydrogens (tertiary/aromatic N) is 1. The zero-order valence-electron chi connectivity index (χ0n) is 8.30. The van der Waals surface area contributed by atoms with Gasteiger partial charge >= 0.3 is 0 Å². The minimum atomic E-state index is 0.982. The molecule has 0 aromatic rings. The summed E-state index contributed by atoms with van der Waals surface area (Å²) in [5, 5.41) is 3.34. The third-order valence-electron chi connectivity index (χ3n) is 3.03. The highest BCUT2D eigenvalue weighted by molar-refractivity contribution is 7.99. The van der Waals surface area contributed by atoms with Gasteiger partial charge in [-0.25, -0.2) is 0 Å². The van der Waals surface area contributed by atoms with E-state index in [2.05, 4.69) is 22.0 Å². The second kappa shape index (κ2) is 5.23. The van der Waals surface area contributed by atoms with E-state index in [4.69, 9.17) is 0 Å². The largest absolute Gasteiger partial charge is 0.316 e. The fourth-order valence-electron chi connectivity index (χ4n) is 1.94. The van der Waals surface area contributed by atoms with Crippen LogP contribution in [0.15, 0.2) is 0 Å². The average Bonchev–Trinajstić information content (AvgIpc) is 2.30. The van der Waals surface area contributed by atoms with Gasteiger partial charge in [0.1, 0.15) is 0 Å². The summed E-state index contributed by atoms with van der Waals surface area (Å²) in [5.74, 6) is 3.71. The van der Waals surface area contributed by atoms with Crippen molar-refractivity contribution < 1.29 is 0 Å². The van der Waals surface area contributed by atoms with Gasteiger partial charge in [-0.05, 0) is 50.7 Å². The van der Waals surface area contributed by atoms with Gasteiger partial charge in [0.2, 0.25) is 0 Å². The average molecular weight is 200 g/mol. The molecule has 2 saturated heterocycles. The molecule has 2 aliphatic heterocycles. The molecule has 0 radical (unpaired) electrons. The highest BCUT2D eigenvalue weighted by Crippen LogP contribution is 2.13. The molecule has 76 valence electrons. The molecule has 13 heavy (non-hydrogen) atoms. The third-order valence-corrected chi connectivity index (χ3v) is 4.08. The molecule has 0 aromatic carbocycles. The topological polar surface area (TPSA) is 15.3 Å². The summed E-state index contributed by atoms with van der Waals surface area (Å²) in [6.45, 7) is 6.54. The first-order valence-corrected chi connectivity index (χ1v) is 6.61. The van der Waals surface area contributed by atoms with Gasteiger partial charge in [-0.3, -0.25) is 0 Å². The highest BCUT2D eigenvalue weighted by Gasteiger charge is 2.18. The van der Waals surface area contributed by atoms with Crippen LogP contribution in [0.4, 0.5) is 0 Å². The van der Waals surface area contributed by atoms with Crippen LogP contribution < -0.4 is 5.32 Å². The predicted octanol–water partition coefficient (Wildman–Crippen LogP) is 1.03. The number of nitrogens with one attached hydrogen (secondary N) is 1. The molecule has 0 saturated carbocycles. The van der Waals surface area contributed by atoms with Crippen LogP contribution in [0, 0.1) is 5.92 Å². The van der Waals surface area contributed by atoms with E-state index >= 15 is 0 Å². The first-order chi connectivity index (χ1) is 6.45. The third kappa shape index (κ3) is 3.15. The lowest BCUT2D eigenvalue weighted by molar-refractivity contribution is 0.237. The van der Waals surface area contributed by atoms with E-state index in [9.17, 15) is 0 Å². The van der Waals surface area contributed by atoms with Crippen molar-refractivity contribution in [3.05, 3.63) is 0 Å². The Morgan fingerprint density at radius 1 is 1.23 bits per heavy atom. The zero-order chi connectivity index (χ0) is 8.93. The Hall–Kier alpha value is 0.270. The SMILES string of the molecule is C1CSCCN(CCC2CNC2)C1. The van der Waals surface area contributed by atoms with Gasteiger partial charge in [0.25, 0.3) is 0 Å². The molecule has 0 spiro atoms. The standard InChI is InChI=1S/C10H20N2S/c1-3-12(5-7-13-6-1)4-2-10-8-11-9-10/h10-11H,1-9H2. The maximum atomic E-state index is 3.34. The van der Waals surface area contributed by atoms with Crippen molar-refractivity contribution in [2.45, 2.75) is 12.8 Å². The maximum Gasteiger partial charge on any atom is 0.00723 e. The maximum absolute atomic E-state index is 3.34. The van der Waals surface area contributed by atoms with Crippen LogP contribution >= 0.6 is 11.8 Å². The normalized spacial score (nSPS) is 26.8. The minimum absolute atomic E-state index is 0.982. The number of hydrogen-bond donors (Lipinski definition) is 1. The van der Waals surface area contributed by atoms with Crippen LogP contribution in [0.5, 0.6) is 0 Å². The summed E-state index contributed by atoms with van der Waals surface area (Å²) in [4.78, 5) is 2.65. The molecule has 1 N–H and O–H groups in total. The molecule has 2 nitrogen and oxygen atoms in total. The molecule has 0 aromatic heterocycles. The number of rotatable bonds is 3. The molecule has 2 aliphatic rings. The van der Waals surface area contributed by atoms with Gasteiger partial charge in [0, 0.05) is 12.3 Å². The lowest BCUT2D eigenvalue weighted by Gasteiger charge is -2.29. The van der Waals surface area contributed by atoms with Crippen molar-refractivity contribution in [3.63, 3.8) is 0 Å². The monoisotopic (exact) mass is 200 g/mol. The van der Waals surface area contributed by atoms with Gasteiger partial charge in [-0.1, -0.05) is 0 Å². The Morgan fingerprint density at radius 2 is 2.15 bits per heavy atom. The smallest absolute Gasteiger partial charge is 0.00723 e. The number of thioether (sulfide) groups is 1. The molecule has 3 heteroatoms. The van der Waals surface area contributed by atoms with Crippen LogP contribution in [-0.4, -0.2) is 49.1 Å². The van der Waals surface area contributed by atoms with E-state index < -0.39 is 0 Å². The van der Waals surface area contributed by atoms with E-state index in [0.29, 0.717) is 0 Å². The molecule has 2 rings (SSSR count). The summed E-state index contributed by atoms with van der Waals surface area (Å²) in [6, 6.07) is 0. The summed E-state index contributed by atoms with van der Waals surface area (Å²) in [5.41, 5.74) is 0. The Bertz CT molecular complexity index is 140. The Morgan fingerprint density at radius 3 is 2.92 bits per heavy atom. The molecule has 2 fully saturated rings. The molecule has 0 amide bonds. The first kappa shape index (κ1) is 9.81.